The van der Waals surface area contributed by atoms with Crippen molar-refractivity contribution >= 4 is 6.08 Å². The van der Waals surface area contributed by atoms with Gasteiger partial charge in [-0.2, -0.15) is 0 Å². The highest BCUT2D eigenvalue weighted by atomic mass is 19.1. The second kappa shape index (κ2) is 10.5. The van der Waals surface area contributed by atoms with Crippen molar-refractivity contribution in [2.24, 2.45) is 5.92 Å². The Morgan fingerprint density at radius 2 is 1.64 bits per heavy atom. The first-order chi connectivity index (χ1) is 13.1. The number of unbranched alkanes of at least 4 members (excludes halogenated alkanes) is 2. The maximum Gasteiger partial charge on any atom is 0.131 e. The smallest absolute Gasteiger partial charge is 0.131 e. The van der Waals surface area contributed by atoms with Crippen molar-refractivity contribution in [2.45, 2.75) is 71.6 Å². The monoisotopic (exact) mass is 384 g/mol. The molecule has 1 aliphatic rings. The molecule has 1 fully saturated rings. The Bertz CT molecular complexity index is 753. The lowest BCUT2D eigenvalue weighted by molar-refractivity contribution is 0.303. The lowest BCUT2D eigenvalue weighted by Gasteiger charge is -2.29. The third-order valence-corrected chi connectivity index (χ3v) is 6.06. The van der Waals surface area contributed by atoms with Crippen molar-refractivity contribution in [1.29, 1.82) is 0 Å². The molecule has 2 aromatic carbocycles. The topological polar surface area (TPSA) is 0 Å². The molecular weight excluding hydrogens is 350 g/mol. The SMILES string of the molecule is C.C=Cc1cc(F)c(-c2ccc(C3CCC(CCCCC)CC3)cc2)cc1F. The first-order valence-electron chi connectivity index (χ1n) is 10.3. The largest absolute Gasteiger partial charge is 0.206 e. The fourth-order valence-corrected chi connectivity index (χ4v) is 4.34. The second-order valence-corrected chi connectivity index (χ2v) is 7.89. The molecule has 0 aromatic heterocycles. The van der Waals surface area contributed by atoms with Crippen LogP contribution in [0.4, 0.5) is 8.78 Å². The van der Waals surface area contributed by atoms with Gasteiger partial charge in [0.15, 0.2) is 0 Å². The van der Waals surface area contributed by atoms with E-state index in [1.807, 2.05) is 12.1 Å². The number of halogens is 2. The molecule has 1 aliphatic carbocycles. The van der Waals surface area contributed by atoms with E-state index in [1.165, 1.54) is 75.1 Å². The molecule has 0 saturated heterocycles. The van der Waals surface area contributed by atoms with Crippen LogP contribution in [0.3, 0.4) is 0 Å². The number of rotatable bonds is 7. The molecule has 0 spiro atoms. The molecule has 0 nitrogen and oxygen atoms in total. The van der Waals surface area contributed by atoms with Crippen LogP contribution in [0.5, 0.6) is 0 Å². The summed E-state index contributed by atoms with van der Waals surface area (Å²) in [6.45, 7) is 5.78. The van der Waals surface area contributed by atoms with Gasteiger partial charge in [0.1, 0.15) is 11.6 Å². The molecule has 0 N–H and O–H groups in total. The highest BCUT2D eigenvalue weighted by Crippen LogP contribution is 2.38. The zero-order chi connectivity index (χ0) is 19.2. The van der Waals surface area contributed by atoms with Crippen LogP contribution >= 0.6 is 0 Å². The highest BCUT2D eigenvalue weighted by Gasteiger charge is 2.22. The number of hydrogen-bond acceptors (Lipinski definition) is 0. The predicted octanol–water partition coefficient (Wildman–Crippen LogP) is 8.77. The standard InChI is InChI=1S/C25H30F2.CH4/c1-3-5-6-7-18-8-10-20(11-9-18)21-12-14-22(15-13-21)23-17-24(26)19(4-2)16-25(23)27;/h4,12-18,20H,2-3,5-11H2,1H3;1H4. The van der Waals surface area contributed by atoms with E-state index in [4.69, 9.17) is 0 Å². The minimum atomic E-state index is -0.438. The van der Waals surface area contributed by atoms with Gasteiger partial charge in [0.05, 0.1) is 0 Å². The van der Waals surface area contributed by atoms with Crippen molar-refractivity contribution in [3.63, 3.8) is 0 Å². The minimum absolute atomic E-state index is 0. The van der Waals surface area contributed by atoms with Gasteiger partial charge in [-0.15, -0.1) is 0 Å². The average molecular weight is 385 g/mol. The van der Waals surface area contributed by atoms with Crippen LogP contribution in [-0.4, -0.2) is 0 Å². The van der Waals surface area contributed by atoms with Gasteiger partial charge in [0.2, 0.25) is 0 Å². The van der Waals surface area contributed by atoms with E-state index in [9.17, 15) is 8.78 Å². The van der Waals surface area contributed by atoms with Crippen molar-refractivity contribution in [3.05, 3.63) is 65.7 Å². The Hall–Kier alpha value is -1.96. The van der Waals surface area contributed by atoms with E-state index in [-0.39, 0.29) is 13.0 Å². The molecule has 152 valence electrons. The summed E-state index contributed by atoms with van der Waals surface area (Å²) in [6.07, 6.45) is 11.9. The third kappa shape index (κ3) is 5.31. The average Bonchev–Trinajstić information content (AvgIpc) is 2.70. The van der Waals surface area contributed by atoms with Crippen molar-refractivity contribution < 1.29 is 8.78 Å². The summed E-state index contributed by atoms with van der Waals surface area (Å²) in [5.74, 6) is 0.650. The zero-order valence-electron chi connectivity index (χ0n) is 16.3. The minimum Gasteiger partial charge on any atom is -0.206 e. The van der Waals surface area contributed by atoms with Crippen LogP contribution in [-0.2, 0) is 0 Å². The summed E-state index contributed by atoms with van der Waals surface area (Å²) in [5, 5.41) is 0. The molecule has 0 heterocycles. The van der Waals surface area contributed by atoms with Gasteiger partial charge in [-0.05, 0) is 60.8 Å². The van der Waals surface area contributed by atoms with Crippen LogP contribution < -0.4 is 0 Å². The Kier molecular flexibility index (Phi) is 8.41. The molecule has 0 bridgehead atoms. The van der Waals surface area contributed by atoms with E-state index in [0.717, 1.165) is 11.5 Å². The molecule has 0 aliphatic heterocycles. The van der Waals surface area contributed by atoms with Crippen LogP contribution in [0.25, 0.3) is 17.2 Å². The van der Waals surface area contributed by atoms with Gasteiger partial charge in [0, 0.05) is 11.1 Å². The zero-order valence-corrected chi connectivity index (χ0v) is 16.3. The first kappa shape index (κ1) is 22.3. The molecule has 1 saturated carbocycles. The van der Waals surface area contributed by atoms with Gasteiger partial charge in [-0.3, -0.25) is 0 Å². The molecule has 28 heavy (non-hydrogen) atoms. The summed E-state index contributed by atoms with van der Waals surface area (Å²) >= 11 is 0. The van der Waals surface area contributed by atoms with Gasteiger partial charge < -0.3 is 0 Å². The summed E-state index contributed by atoms with van der Waals surface area (Å²) in [7, 11) is 0. The normalized spacial score (nSPS) is 19.1. The van der Waals surface area contributed by atoms with E-state index < -0.39 is 11.6 Å². The Labute approximate surface area is 169 Å². The third-order valence-electron chi connectivity index (χ3n) is 6.06. The predicted molar refractivity (Wildman–Crippen MR) is 117 cm³/mol. The van der Waals surface area contributed by atoms with E-state index in [0.29, 0.717) is 11.5 Å². The summed E-state index contributed by atoms with van der Waals surface area (Å²) < 4.78 is 28.3. The Balaban J connectivity index is 0.00000280. The van der Waals surface area contributed by atoms with E-state index in [1.54, 1.807) is 0 Å². The van der Waals surface area contributed by atoms with Crippen LogP contribution in [0.15, 0.2) is 43.0 Å². The molecule has 0 unspecified atom stereocenters. The molecule has 0 atom stereocenters. The highest BCUT2D eigenvalue weighted by molar-refractivity contribution is 5.67. The maximum absolute atomic E-state index is 14.3. The quantitative estimate of drug-likeness (QED) is 0.418. The maximum atomic E-state index is 14.3. The second-order valence-electron chi connectivity index (χ2n) is 7.89. The lowest BCUT2D eigenvalue weighted by atomic mass is 9.77. The molecular formula is C26H34F2. The van der Waals surface area contributed by atoms with Gasteiger partial charge in [-0.1, -0.05) is 77.0 Å². The van der Waals surface area contributed by atoms with Crippen molar-refractivity contribution in [1.82, 2.24) is 0 Å². The van der Waals surface area contributed by atoms with Gasteiger partial charge >= 0.3 is 0 Å². The van der Waals surface area contributed by atoms with Gasteiger partial charge in [0.25, 0.3) is 0 Å². The van der Waals surface area contributed by atoms with Gasteiger partial charge in [-0.25, -0.2) is 8.78 Å². The molecule has 2 aromatic rings. The fourth-order valence-electron chi connectivity index (χ4n) is 4.34. The van der Waals surface area contributed by atoms with E-state index >= 15 is 0 Å². The molecule has 0 radical (unpaired) electrons. The van der Waals surface area contributed by atoms with Crippen molar-refractivity contribution in [2.75, 3.05) is 0 Å². The summed E-state index contributed by atoms with van der Waals surface area (Å²) in [4.78, 5) is 0. The number of hydrogen-bond donors (Lipinski definition) is 0. The Morgan fingerprint density at radius 3 is 2.25 bits per heavy atom. The first-order valence-corrected chi connectivity index (χ1v) is 10.3. The van der Waals surface area contributed by atoms with Crippen LogP contribution in [0, 0.1) is 17.6 Å². The lowest BCUT2D eigenvalue weighted by Crippen LogP contribution is -2.13. The van der Waals surface area contributed by atoms with Crippen LogP contribution in [0.1, 0.15) is 82.8 Å². The molecule has 3 rings (SSSR count). The molecule has 0 amide bonds. The van der Waals surface area contributed by atoms with Crippen molar-refractivity contribution in [3.8, 4) is 11.1 Å². The van der Waals surface area contributed by atoms with Crippen LogP contribution in [0.2, 0.25) is 0 Å². The number of benzene rings is 2. The fraction of sp³-hybridized carbons (Fsp3) is 0.462. The Morgan fingerprint density at radius 1 is 0.964 bits per heavy atom. The summed E-state index contributed by atoms with van der Waals surface area (Å²) in [5.41, 5.74) is 2.56. The molecule has 2 heteroatoms. The summed E-state index contributed by atoms with van der Waals surface area (Å²) in [6, 6.07) is 10.5. The van der Waals surface area contributed by atoms with E-state index in [2.05, 4.69) is 25.6 Å².